The predicted molar refractivity (Wildman–Crippen MR) is 29.3 cm³/mol. The van der Waals surface area contributed by atoms with E-state index >= 15 is 0 Å². The lowest BCUT2D eigenvalue weighted by atomic mass is 13.4. The Morgan fingerprint density at radius 2 is 1.17 bits per heavy atom. The van der Waals surface area contributed by atoms with Crippen molar-refractivity contribution in [2.75, 3.05) is 0 Å². The first-order valence-electron chi connectivity index (χ1n) is 0.383. The molecule has 0 aliphatic heterocycles. The van der Waals surface area contributed by atoms with Crippen LogP contribution in [-0.2, 0) is 0 Å². The molecule has 0 spiro atoms. The van der Waals surface area contributed by atoms with E-state index in [4.69, 9.17) is 10.1 Å². The smallest absolute Gasteiger partial charge is 0.152 e. The monoisotopic (exact) mass is 155 g/mol. The summed E-state index contributed by atoms with van der Waals surface area (Å²) in [5.41, 5.74) is 0. The fourth-order valence-corrected chi connectivity index (χ4v) is 0. The Bertz CT molecular complexity index is 16.3. The van der Waals surface area contributed by atoms with E-state index in [9.17, 15) is 0 Å². The van der Waals surface area contributed by atoms with Crippen molar-refractivity contribution in [1.82, 2.24) is 0 Å². The summed E-state index contributed by atoms with van der Waals surface area (Å²) >= 11 is 0. The minimum absolute atomic E-state index is 0. The molecule has 42 valence electrons. The highest BCUT2D eigenvalue weighted by atomic mass is 35.5. The first-order chi connectivity index (χ1) is 1.41. The van der Waals surface area contributed by atoms with E-state index in [-0.39, 0.29) is 37.2 Å². The molecule has 6 heteroatoms. The first-order valence-corrected chi connectivity index (χ1v) is 0.383. The van der Waals surface area contributed by atoms with Gasteiger partial charge in [-0.1, -0.05) is 0 Å². The molecular formula is H4Cl3NO2. The number of rotatable bonds is 0. The molecule has 0 aliphatic carbocycles. The van der Waals surface area contributed by atoms with Crippen molar-refractivity contribution < 1.29 is 5.21 Å². The SMILES string of the molecule is Cl.Cl.Cl.O=NO. The molecule has 0 fully saturated rings. The van der Waals surface area contributed by atoms with E-state index in [1.54, 1.807) is 0 Å². The third-order valence-electron chi connectivity index (χ3n) is 0. The molecule has 0 aromatic rings. The molecule has 0 saturated heterocycles. The molecule has 1 N–H and O–H groups in total. The van der Waals surface area contributed by atoms with Crippen molar-refractivity contribution >= 4 is 37.2 Å². The van der Waals surface area contributed by atoms with Gasteiger partial charge in [-0.05, 0) is 0 Å². The maximum Gasteiger partial charge on any atom is 0.152 e. The van der Waals surface area contributed by atoms with Crippen molar-refractivity contribution in [1.29, 1.82) is 0 Å². The summed E-state index contributed by atoms with van der Waals surface area (Å²) in [6, 6.07) is 0. The van der Waals surface area contributed by atoms with Crippen LogP contribution >= 0.6 is 37.2 Å². The maximum absolute atomic E-state index is 8.11. The van der Waals surface area contributed by atoms with Crippen molar-refractivity contribution in [2.24, 2.45) is 5.34 Å². The van der Waals surface area contributed by atoms with Gasteiger partial charge in [0.15, 0.2) is 5.34 Å². The van der Waals surface area contributed by atoms with Crippen LogP contribution in [0.1, 0.15) is 0 Å². The van der Waals surface area contributed by atoms with Crippen molar-refractivity contribution in [3.05, 3.63) is 4.91 Å². The normalized spacial score (nSPS) is 2.00. The second-order valence-electron chi connectivity index (χ2n) is 0.0816. The third-order valence-corrected chi connectivity index (χ3v) is 0. The van der Waals surface area contributed by atoms with Gasteiger partial charge in [-0.15, -0.1) is 42.1 Å². The molecule has 0 unspecified atom stereocenters. The highest BCUT2D eigenvalue weighted by molar-refractivity contribution is 5.86. The molecule has 0 amide bonds. The fourth-order valence-electron chi connectivity index (χ4n) is 0. The lowest BCUT2D eigenvalue weighted by molar-refractivity contribution is 0.312. The van der Waals surface area contributed by atoms with Gasteiger partial charge in [-0.3, -0.25) is 0 Å². The Balaban J connectivity index is -0.00000000667. The van der Waals surface area contributed by atoms with E-state index in [2.05, 4.69) is 0 Å². The molecule has 0 saturated carbocycles. The molecule has 0 aromatic heterocycles. The Morgan fingerprint density at radius 1 is 1.17 bits per heavy atom. The molecule has 0 atom stereocenters. The topological polar surface area (TPSA) is 49.7 Å². The van der Waals surface area contributed by atoms with Gasteiger partial charge >= 0.3 is 0 Å². The van der Waals surface area contributed by atoms with Crippen LogP contribution < -0.4 is 0 Å². The number of nitrogens with zero attached hydrogens (tertiary/aromatic N) is 1. The highest BCUT2D eigenvalue weighted by Crippen LogP contribution is 1.25. The average molecular weight is 156 g/mol. The van der Waals surface area contributed by atoms with Crippen LogP contribution in [0.15, 0.2) is 5.34 Å². The lowest BCUT2D eigenvalue weighted by Gasteiger charge is -1.32. The Hall–Kier alpha value is 0.270. The summed E-state index contributed by atoms with van der Waals surface area (Å²) in [6.07, 6.45) is 0. The summed E-state index contributed by atoms with van der Waals surface area (Å²) in [7, 11) is 0. The van der Waals surface area contributed by atoms with Crippen LogP contribution in [0.3, 0.4) is 0 Å². The zero-order chi connectivity index (χ0) is 2.71. The molecular weight excluding hydrogens is 152 g/mol. The minimum Gasteiger partial charge on any atom is -0.379 e. The largest absolute Gasteiger partial charge is 0.379 e. The molecule has 0 rings (SSSR count). The second-order valence-corrected chi connectivity index (χ2v) is 0.0816. The highest BCUT2D eigenvalue weighted by Gasteiger charge is 1.18. The van der Waals surface area contributed by atoms with Gasteiger partial charge in [-0.25, -0.2) is 0 Å². The third kappa shape index (κ3) is 626. The Labute approximate surface area is 53.3 Å². The standard InChI is InChI=1S/3ClH.HNO2/c;;;2-1-3/h3*1H;(H,2,3). The molecule has 0 aromatic carbocycles. The Morgan fingerprint density at radius 3 is 1.17 bits per heavy atom. The Kier molecular flexibility index (Phi) is 336. The zero-order valence-electron chi connectivity index (χ0n) is 2.53. The summed E-state index contributed by atoms with van der Waals surface area (Å²) in [6.45, 7) is 0. The van der Waals surface area contributed by atoms with Crippen molar-refractivity contribution in [2.45, 2.75) is 0 Å². The maximum atomic E-state index is 8.11. The number of hydrogen-bond acceptors (Lipinski definition) is 2. The minimum atomic E-state index is 0. The zero-order valence-corrected chi connectivity index (χ0v) is 4.98. The van der Waals surface area contributed by atoms with Crippen LogP contribution in [0.25, 0.3) is 0 Å². The van der Waals surface area contributed by atoms with Crippen LogP contribution in [0, 0.1) is 4.91 Å². The van der Waals surface area contributed by atoms with Crippen LogP contribution in [-0.4, -0.2) is 5.21 Å². The van der Waals surface area contributed by atoms with Crippen LogP contribution in [0.4, 0.5) is 0 Å². The summed E-state index contributed by atoms with van der Waals surface area (Å²) < 4.78 is 0. The van der Waals surface area contributed by atoms with Crippen molar-refractivity contribution in [3.8, 4) is 0 Å². The lowest BCUT2D eigenvalue weighted by Crippen LogP contribution is -1.25. The summed E-state index contributed by atoms with van der Waals surface area (Å²) in [5.74, 6) is 0. The van der Waals surface area contributed by atoms with Gasteiger partial charge in [0.2, 0.25) is 0 Å². The van der Waals surface area contributed by atoms with Gasteiger partial charge in [0, 0.05) is 0 Å². The second kappa shape index (κ2) is 59.6. The van der Waals surface area contributed by atoms with E-state index in [0.29, 0.717) is 0 Å². The van der Waals surface area contributed by atoms with E-state index in [1.165, 1.54) is 5.34 Å². The molecule has 6 heavy (non-hydrogen) atoms. The van der Waals surface area contributed by atoms with Gasteiger partial charge in [-0.2, -0.15) is 0 Å². The predicted octanol–water partition coefficient (Wildman–Crippen LogP) is 1.41. The summed E-state index contributed by atoms with van der Waals surface area (Å²) in [4.78, 5) is 8.11. The van der Waals surface area contributed by atoms with Crippen LogP contribution in [0.2, 0.25) is 0 Å². The van der Waals surface area contributed by atoms with Crippen molar-refractivity contribution in [3.63, 3.8) is 0 Å². The van der Waals surface area contributed by atoms with Gasteiger partial charge < -0.3 is 5.21 Å². The number of hydrogen-bond donors (Lipinski definition) is 1. The van der Waals surface area contributed by atoms with Gasteiger partial charge in [0.25, 0.3) is 0 Å². The fraction of sp³-hybridized carbons (Fsp3) is 0. The van der Waals surface area contributed by atoms with E-state index in [1.807, 2.05) is 0 Å². The molecule has 3 nitrogen and oxygen atoms in total. The van der Waals surface area contributed by atoms with Crippen LogP contribution in [0.5, 0.6) is 0 Å². The average Bonchev–Trinajstić information content (AvgIpc) is 0.918. The molecule has 0 aliphatic rings. The van der Waals surface area contributed by atoms with Gasteiger partial charge in [0.1, 0.15) is 0 Å². The van der Waals surface area contributed by atoms with E-state index < -0.39 is 0 Å². The van der Waals surface area contributed by atoms with E-state index in [0.717, 1.165) is 0 Å². The first kappa shape index (κ1) is 33.8. The summed E-state index contributed by atoms with van der Waals surface area (Å²) in [5, 5.41) is 7.89. The van der Waals surface area contributed by atoms with Gasteiger partial charge in [0.05, 0.1) is 0 Å². The molecule has 0 bridgehead atoms. The quantitative estimate of drug-likeness (QED) is 0.426. The number of halogens is 3. The molecule has 0 radical (unpaired) electrons. The molecule has 0 heterocycles.